The second-order valence-corrected chi connectivity index (χ2v) is 5.41. The van der Waals surface area contributed by atoms with Crippen molar-refractivity contribution in [3.05, 3.63) is 52.2 Å². The molecule has 0 saturated heterocycles. The Morgan fingerprint density at radius 1 is 1.15 bits per heavy atom. The molecule has 0 aliphatic heterocycles. The lowest BCUT2D eigenvalue weighted by atomic mass is 10.0. The number of hydrogen-bond acceptors (Lipinski definition) is 3. The lowest BCUT2D eigenvalue weighted by Gasteiger charge is -2.11. The molecule has 0 N–H and O–H groups in total. The maximum atomic E-state index is 6.07. The zero-order valence-corrected chi connectivity index (χ0v) is 12.9. The van der Waals surface area contributed by atoms with Gasteiger partial charge in [-0.05, 0) is 32.8 Å². The van der Waals surface area contributed by atoms with E-state index >= 15 is 0 Å². The van der Waals surface area contributed by atoms with Gasteiger partial charge in [0.2, 0.25) is 0 Å². The summed E-state index contributed by atoms with van der Waals surface area (Å²) >= 11 is 9.37. The van der Waals surface area contributed by atoms with E-state index < -0.39 is 0 Å². The first-order chi connectivity index (χ1) is 9.70. The van der Waals surface area contributed by atoms with Crippen LogP contribution in [-0.4, -0.2) is 17.1 Å². The molecule has 0 aliphatic carbocycles. The zero-order valence-electron chi connectivity index (χ0n) is 10.6. The number of rotatable bonds is 2. The summed E-state index contributed by atoms with van der Waals surface area (Å²) in [5.41, 5.74) is 0.847. The Bertz CT molecular complexity index is 792. The molecule has 20 heavy (non-hydrogen) atoms. The Balaban J connectivity index is 2.35. The third-order valence-corrected chi connectivity index (χ3v) is 4.13. The van der Waals surface area contributed by atoms with E-state index in [1.807, 2.05) is 36.4 Å². The molecule has 100 valence electrons. The lowest BCUT2D eigenvalue weighted by molar-refractivity contribution is 0.416. The van der Waals surface area contributed by atoms with Crippen LogP contribution in [0.2, 0.25) is 5.15 Å². The highest BCUT2D eigenvalue weighted by atomic mass is 79.9. The van der Waals surface area contributed by atoms with Gasteiger partial charge in [0.25, 0.3) is 0 Å². The SMILES string of the molecule is COc1ccc2ccccc2c1-c1ncc(Br)c(Cl)n1. The van der Waals surface area contributed by atoms with E-state index in [2.05, 4.69) is 25.9 Å². The summed E-state index contributed by atoms with van der Waals surface area (Å²) in [4.78, 5) is 8.67. The number of benzene rings is 2. The summed E-state index contributed by atoms with van der Waals surface area (Å²) in [5, 5.41) is 2.51. The summed E-state index contributed by atoms with van der Waals surface area (Å²) in [6.07, 6.45) is 1.64. The minimum atomic E-state index is 0.380. The van der Waals surface area contributed by atoms with Crippen molar-refractivity contribution in [2.45, 2.75) is 0 Å². The average Bonchev–Trinajstić information content (AvgIpc) is 2.49. The van der Waals surface area contributed by atoms with Crippen molar-refractivity contribution in [3.63, 3.8) is 0 Å². The van der Waals surface area contributed by atoms with E-state index in [1.165, 1.54) is 0 Å². The van der Waals surface area contributed by atoms with Gasteiger partial charge in [-0.15, -0.1) is 0 Å². The van der Waals surface area contributed by atoms with Crippen LogP contribution in [0.15, 0.2) is 47.1 Å². The number of ether oxygens (including phenoxy) is 1. The minimum absolute atomic E-state index is 0.380. The van der Waals surface area contributed by atoms with Crippen molar-refractivity contribution < 1.29 is 4.74 Å². The van der Waals surface area contributed by atoms with Gasteiger partial charge in [-0.1, -0.05) is 41.9 Å². The van der Waals surface area contributed by atoms with Crippen LogP contribution in [0.4, 0.5) is 0 Å². The van der Waals surface area contributed by atoms with Crippen molar-refractivity contribution in [3.8, 4) is 17.1 Å². The highest BCUT2D eigenvalue weighted by Gasteiger charge is 2.14. The monoisotopic (exact) mass is 348 g/mol. The molecule has 3 aromatic rings. The van der Waals surface area contributed by atoms with Gasteiger partial charge in [-0.2, -0.15) is 0 Å². The molecule has 0 aliphatic rings. The Labute approximate surface area is 129 Å². The zero-order chi connectivity index (χ0) is 14.1. The van der Waals surface area contributed by atoms with Crippen LogP contribution in [0.1, 0.15) is 0 Å². The standard InChI is InChI=1S/C15H10BrClN2O/c1-20-12-7-6-9-4-2-3-5-10(9)13(12)15-18-8-11(16)14(17)19-15/h2-8H,1H3. The molecule has 0 bridgehead atoms. The predicted octanol–water partition coefficient (Wildman–Crippen LogP) is 4.72. The number of methoxy groups -OCH3 is 1. The maximum Gasteiger partial charge on any atom is 0.165 e. The van der Waals surface area contributed by atoms with Crippen LogP contribution in [0.25, 0.3) is 22.2 Å². The molecule has 5 heteroatoms. The van der Waals surface area contributed by atoms with Gasteiger partial charge >= 0.3 is 0 Å². The van der Waals surface area contributed by atoms with E-state index in [1.54, 1.807) is 13.3 Å². The van der Waals surface area contributed by atoms with Crippen molar-refractivity contribution in [1.82, 2.24) is 9.97 Å². The summed E-state index contributed by atoms with van der Waals surface area (Å²) < 4.78 is 6.11. The molecule has 0 saturated carbocycles. The first-order valence-corrected chi connectivity index (χ1v) is 7.12. The van der Waals surface area contributed by atoms with E-state index in [0.29, 0.717) is 15.5 Å². The second-order valence-electron chi connectivity index (χ2n) is 4.20. The van der Waals surface area contributed by atoms with Crippen LogP contribution < -0.4 is 4.74 Å². The Hall–Kier alpha value is -1.65. The molecule has 0 amide bonds. The molecule has 3 nitrogen and oxygen atoms in total. The van der Waals surface area contributed by atoms with Gasteiger partial charge in [-0.25, -0.2) is 9.97 Å². The van der Waals surface area contributed by atoms with Gasteiger partial charge in [0.1, 0.15) is 10.9 Å². The lowest BCUT2D eigenvalue weighted by Crippen LogP contribution is -1.95. The number of halogens is 2. The molecule has 1 aromatic heterocycles. The molecule has 0 fully saturated rings. The highest BCUT2D eigenvalue weighted by molar-refractivity contribution is 9.10. The summed E-state index contributed by atoms with van der Waals surface area (Å²) in [7, 11) is 1.63. The Kier molecular flexibility index (Phi) is 3.59. The van der Waals surface area contributed by atoms with E-state index in [-0.39, 0.29) is 0 Å². The fraction of sp³-hybridized carbons (Fsp3) is 0.0667. The molecule has 0 radical (unpaired) electrons. The smallest absolute Gasteiger partial charge is 0.165 e. The van der Waals surface area contributed by atoms with E-state index in [0.717, 1.165) is 22.1 Å². The summed E-state index contributed by atoms with van der Waals surface area (Å²) in [5.74, 6) is 1.27. The fourth-order valence-electron chi connectivity index (χ4n) is 2.12. The first-order valence-electron chi connectivity index (χ1n) is 5.95. The third-order valence-electron chi connectivity index (χ3n) is 3.04. The molecule has 1 heterocycles. The van der Waals surface area contributed by atoms with Crippen LogP contribution in [0.5, 0.6) is 5.75 Å². The van der Waals surface area contributed by atoms with Crippen molar-refractivity contribution >= 4 is 38.3 Å². The number of hydrogen-bond donors (Lipinski definition) is 0. The normalized spacial score (nSPS) is 10.8. The van der Waals surface area contributed by atoms with Crippen LogP contribution in [0, 0.1) is 0 Å². The van der Waals surface area contributed by atoms with Crippen molar-refractivity contribution in [1.29, 1.82) is 0 Å². The number of aromatic nitrogens is 2. The van der Waals surface area contributed by atoms with E-state index in [4.69, 9.17) is 16.3 Å². The van der Waals surface area contributed by atoms with Gasteiger partial charge < -0.3 is 4.74 Å². The maximum absolute atomic E-state index is 6.07. The molecular formula is C15H10BrClN2O. The molecule has 2 aromatic carbocycles. The highest BCUT2D eigenvalue weighted by Crippen LogP contribution is 2.36. The van der Waals surface area contributed by atoms with Crippen LogP contribution in [-0.2, 0) is 0 Å². The van der Waals surface area contributed by atoms with Crippen LogP contribution >= 0.6 is 27.5 Å². The molecule has 0 spiro atoms. The molecule has 0 unspecified atom stereocenters. The van der Waals surface area contributed by atoms with Crippen molar-refractivity contribution in [2.24, 2.45) is 0 Å². The van der Waals surface area contributed by atoms with E-state index in [9.17, 15) is 0 Å². The predicted molar refractivity (Wildman–Crippen MR) is 84.2 cm³/mol. The first kappa shape index (κ1) is 13.3. The average molecular weight is 350 g/mol. The largest absolute Gasteiger partial charge is 0.496 e. The minimum Gasteiger partial charge on any atom is -0.496 e. The van der Waals surface area contributed by atoms with Gasteiger partial charge in [-0.3, -0.25) is 0 Å². The van der Waals surface area contributed by atoms with Crippen molar-refractivity contribution in [2.75, 3.05) is 7.11 Å². The Morgan fingerprint density at radius 3 is 2.70 bits per heavy atom. The quantitative estimate of drug-likeness (QED) is 0.628. The second kappa shape index (κ2) is 5.38. The number of nitrogens with zero attached hydrogens (tertiary/aromatic N) is 2. The summed E-state index contributed by atoms with van der Waals surface area (Å²) in [6, 6.07) is 12.0. The van der Waals surface area contributed by atoms with Crippen LogP contribution in [0.3, 0.4) is 0 Å². The van der Waals surface area contributed by atoms with Gasteiger partial charge in [0, 0.05) is 6.20 Å². The Morgan fingerprint density at radius 2 is 1.95 bits per heavy atom. The molecule has 0 atom stereocenters. The molecule has 3 rings (SSSR count). The summed E-state index contributed by atoms with van der Waals surface area (Å²) in [6.45, 7) is 0. The fourth-order valence-corrected chi connectivity index (χ4v) is 2.44. The third kappa shape index (κ3) is 2.25. The van der Waals surface area contributed by atoms with Gasteiger partial charge in [0.15, 0.2) is 5.82 Å². The molecular weight excluding hydrogens is 340 g/mol. The van der Waals surface area contributed by atoms with Gasteiger partial charge in [0.05, 0.1) is 17.1 Å². The number of fused-ring (bicyclic) bond motifs is 1. The topological polar surface area (TPSA) is 35.0 Å².